The molecule has 0 bridgehead atoms. The van der Waals surface area contributed by atoms with Gasteiger partial charge in [-0.25, -0.2) is 0 Å². The summed E-state index contributed by atoms with van der Waals surface area (Å²) < 4.78 is 18.1. The third kappa shape index (κ3) is 3.85. The van der Waals surface area contributed by atoms with Crippen molar-refractivity contribution in [3.05, 3.63) is 53.1 Å². The molecule has 0 saturated heterocycles. The van der Waals surface area contributed by atoms with E-state index >= 15 is 0 Å². The maximum atomic E-state index is 12.6. The number of hydrogen-bond acceptors (Lipinski definition) is 3. The number of nitrogen functional groups attached to an aromatic ring is 1. The Kier molecular flexibility index (Phi) is 5.02. The smallest absolute Gasteiger partial charge is 0.123 e. The first-order valence-electron chi connectivity index (χ1n) is 6.98. The molecule has 21 heavy (non-hydrogen) atoms. The van der Waals surface area contributed by atoms with Crippen LogP contribution in [-0.2, 0) is 16.6 Å². The number of nitrogens with two attached hydrogens (primary N) is 1. The Morgan fingerprint density at radius 2 is 1.86 bits per heavy atom. The Hall–Kier alpha value is -1.81. The molecule has 2 N–H and O–H groups in total. The van der Waals surface area contributed by atoms with E-state index in [4.69, 9.17) is 10.5 Å². The predicted octanol–water partition coefficient (Wildman–Crippen LogP) is 3.59. The van der Waals surface area contributed by atoms with E-state index in [1.54, 1.807) is 6.07 Å². The van der Waals surface area contributed by atoms with Gasteiger partial charge in [-0.15, -0.1) is 0 Å². The number of rotatable bonds is 5. The SMILES string of the molecule is CCOc1ccc(N)cc1CS(=O)c1ccc(C)c(C)c1. The summed E-state index contributed by atoms with van der Waals surface area (Å²) >= 11 is 0. The molecule has 1 atom stereocenters. The molecule has 0 heterocycles. The van der Waals surface area contributed by atoms with Crippen molar-refractivity contribution in [3.8, 4) is 5.75 Å². The highest BCUT2D eigenvalue weighted by Crippen LogP contribution is 2.25. The van der Waals surface area contributed by atoms with E-state index in [0.29, 0.717) is 18.0 Å². The molecular weight excluding hydrogens is 282 g/mol. The third-order valence-electron chi connectivity index (χ3n) is 3.41. The minimum Gasteiger partial charge on any atom is -0.494 e. The third-order valence-corrected chi connectivity index (χ3v) is 4.77. The molecule has 2 aromatic carbocycles. The molecule has 1 unspecified atom stereocenters. The van der Waals surface area contributed by atoms with Crippen LogP contribution in [0, 0.1) is 13.8 Å². The minimum absolute atomic E-state index is 0.406. The van der Waals surface area contributed by atoms with Crippen molar-refractivity contribution in [2.24, 2.45) is 0 Å². The summed E-state index contributed by atoms with van der Waals surface area (Å²) in [6, 6.07) is 11.4. The van der Waals surface area contributed by atoms with Crippen molar-refractivity contribution in [1.29, 1.82) is 0 Å². The fourth-order valence-electron chi connectivity index (χ4n) is 2.09. The summed E-state index contributed by atoms with van der Waals surface area (Å²) in [6.45, 7) is 6.59. The van der Waals surface area contributed by atoms with Crippen LogP contribution in [0.2, 0.25) is 0 Å². The average molecular weight is 303 g/mol. The Labute approximate surface area is 128 Å². The van der Waals surface area contributed by atoms with Crippen LogP contribution >= 0.6 is 0 Å². The van der Waals surface area contributed by atoms with E-state index in [1.807, 2.05) is 51.1 Å². The lowest BCUT2D eigenvalue weighted by atomic mass is 10.1. The van der Waals surface area contributed by atoms with Gasteiger partial charge < -0.3 is 10.5 Å². The first-order valence-corrected chi connectivity index (χ1v) is 8.30. The zero-order valence-corrected chi connectivity index (χ0v) is 13.5. The number of benzene rings is 2. The van der Waals surface area contributed by atoms with Crippen molar-refractivity contribution in [2.45, 2.75) is 31.4 Å². The maximum Gasteiger partial charge on any atom is 0.123 e. The van der Waals surface area contributed by atoms with Gasteiger partial charge in [-0.1, -0.05) is 6.07 Å². The van der Waals surface area contributed by atoms with E-state index in [1.165, 1.54) is 5.56 Å². The molecule has 112 valence electrons. The molecule has 0 fully saturated rings. The molecule has 2 aromatic rings. The second-order valence-electron chi connectivity index (χ2n) is 5.04. The van der Waals surface area contributed by atoms with Gasteiger partial charge in [0.2, 0.25) is 0 Å². The summed E-state index contributed by atoms with van der Waals surface area (Å²) in [5, 5.41) is 0. The van der Waals surface area contributed by atoms with E-state index in [9.17, 15) is 4.21 Å². The van der Waals surface area contributed by atoms with Gasteiger partial charge in [0.15, 0.2) is 0 Å². The minimum atomic E-state index is -1.11. The van der Waals surface area contributed by atoms with Crippen LogP contribution in [0.1, 0.15) is 23.6 Å². The number of anilines is 1. The largest absolute Gasteiger partial charge is 0.494 e. The van der Waals surface area contributed by atoms with Gasteiger partial charge in [0, 0.05) is 16.1 Å². The number of ether oxygens (including phenoxy) is 1. The summed E-state index contributed by atoms with van der Waals surface area (Å²) in [7, 11) is -1.11. The van der Waals surface area contributed by atoms with Crippen LogP contribution in [0.5, 0.6) is 5.75 Å². The second-order valence-corrected chi connectivity index (χ2v) is 6.49. The molecule has 0 amide bonds. The monoisotopic (exact) mass is 303 g/mol. The van der Waals surface area contributed by atoms with E-state index in [0.717, 1.165) is 21.8 Å². The van der Waals surface area contributed by atoms with Gasteiger partial charge >= 0.3 is 0 Å². The second kappa shape index (κ2) is 6.76. The van der Waals surface area contributed by atoms with E-state index in [2.05, 4.69) is 0 Å². The zero-order valence-electron chi connectivity index (χ0n) is 12.7. The average Bonchev–Trinajstić information content (AvgIpc) is 2.45. The van der Waals surface area contributed by atoms with Gasteiger partial charge in [0.05, 0.1) is 23.2 Å². The molecule has 0 aliphatic rings. The maximum absolute atomic E-state index is 12.6. The zero-order chi connectivity index (χ0) is 15.4. The molecule has 0 aliphatic heterocycles. The summed E-state index contributed by atoms with van der Waals surface area (Å²) in [5.41, 5.74) is 9.72. The van der Waals surface area contributed by atoms with Crippen LogP contribution in [0.15, 0.2) is 41.3 Å². The standard InChI is InChI=1S/C17H21NO2S/c1-4-20-17-8-6-15(18)10-14(17)11-21(19)16-7-5-12(2)13(3)9-16/h5-10H,4,11,18H2,1-3H3. The summed E-state index contributed by atoms with van der Waals surface area (Å²) in [4.78, 5) is 0.836. The van der Waals surface area contributed by atoms with Crippen LogP contribution in [-0.4, -0.2) is 10.8 Å². The molecule has 3 nitrogen and oxygen atoms in total. The van der Waals surface area contributed by atoms with Crippen molar-refractivity contribution >= 4 is 16.5 Å². The topological polar surface area (TPSA) is 52.3 Å². The molecule has 2 rings (SSSR count). The first kappa shape index (κ1) is 15.6. The lowest BCUT2D eigenvalue weighted by Crippen LogP contribution is -2.02. The van der Waals surface area contributed by atoms with Gasteiger partial charge in [0.1, 0.15) is 5.75 Å². The number of aryl methyl sites for hydroxylation is 2. The van der Waals surface area contributed by atoms with Crippen LogP contribution in [0.3, 0.4) is 0 Å². The highest BCUT2D eigenvalue weighted by Gasteiger charge is 2.11. The van der Waals surface area contributed by atoms with Crippen molar-refractivity contribution < 1.29 is 8.95 Å². The lowest BCUT2D eigenvalue weighted by molar-refractivity contribution is 0.337. The summed E-state index contributed by atoms with van der Waals surface area (Å²) in [6.07, 6.45) is 0. The molecule has 0 aliphatic carbocycles. The highest BCUT2D eigenvalue weighted by molar-refractivity contribution is 7.84. The molecule has 0 saturated carbocycles. The fraction of sp³-hybridized carbons (Fsp3) is 0.294. The van der Waals surface area contributed by atoms with Crippen LogP contribution in [0.4, 0.5) is 5.69 Å². The first-order chi connectivity index (χ1) is 10.0. The van der Waals surface area contributed by atoms with Crippen LogP contribution in [0.25, 0.3) is 0 Å². The van der Waals surface area contributed by atoms with Gasteiger partial charge in [-0.05, 0) is 62.2 Å². The highest BCUT2D eigenvalue weighted by atomic mass is 32.2. The Morgan fingerprint density at radius 1 is 1.10 bits per heavy atom. The normalized spacial score (nSPS) is 12.1. The van der Waals surface area contributed by atoms with Crippen molar-refractivity contribution in [3.63, 3.8) is 0 Å². The van der Waals surface area contributed by atoms with E-state index in [-0.39, 0.29) is 0 Å². The lowest BCUT2D eigenvalue weighted by Gasteiger charge is -2.11. The van der Waals surface area contributed by atoms with Gasteiger partial charge in [-0.2, -0.15) is 0 Å². The predicted molar refractivity (Wildman–Crippen MR) is 88.1 cm³/mol. The van der Waals surface area contributed by atoms with Crippen molar-refractivity contribution in [1.82, 2.24) is 0 Å². The molecule has 4 heteroatoms. The molecule has 0 aromatic heterocycles. The van der Waals surface area contributed by atoms with Crippen LogP contribution < -0.4 is 10.5 Å². The molecule has 0 spiro atoms. The van der Waals surface area contributed by atoms with Gasteiger partial charge in [-0.3, -0.25) is 4.21 Å². The Bertz CT molecular complexity index is 668. The van der Waals surface area contributed by atoms with E-state index < -0.39 is 10.8 Å². The quantitative estimate of drug-likeness (QED) is 0.859. The van der Waals surface area contributed by atoms with Gasteiger partial charge in [0.25, 0.3) is 0 Å². The van der Waals surface area contributed by atoms with Crippen molar-refractivity contribution in [2.75, 3.05) is 12.3 Å². The summed E-state index contributed by atoms with van der Waals surface area (Å²) in [5.74, 6) is 1.16. The molecule has 0 radical (unpaired) electrons. The Balaban J connectivity index is 2.26. The Morgan fingerprint density at radius 3 is 2.52 bits per heavy atom. The number of hydrogen-bond donors (Lipinski definition) is 1. The fourth-order valence-corrected chi connectivity index (χ4v) is 3.29. The molecular formula is C17H21NO2S.